The van der Waals surface area contributed by atoms with Crippen molar-refractivity contribution in [1.82, 2.24) is 5.32 Å². The van der Waals surface area contributed by atoms with Crippen molar-refractivity contribution in [3.05, 3.63) is 23.8 Å². The Kier molecular flexibility index (Phi) is 8.84. The van der Waals surface area contributed by atoms with E-state index in [4.69, 9.17) is 25.5 Å². The van der Waals surface area contributed by atoms with Gasteiger partial charge in [-0.05, 0) is 24.7 Å². The van der Waals surface area contributed by atoms with E-state index in [1.807, 2.05) is 0 Å². The summed E-state index contributed by atoms with van der Waals surface area (Å²) in [5, 5.41) is 54.4. The summed E-state index contributed by atoms with van der Waals surface area (Å²) in [5.74, 6) is -0.395. The van der Waals surface area contributed by atoms with Crippen molar-refractivity contribution in [1.29, 1.82) is 0 Å². The molecule has 110 valence electrons. The zero-order valence-electron chi connectivity index (χ0n) is 10.7. The van der Waals surface area contributed by atoms with Gasteiger partial charge >= 0.3 is 0 Å². The molecule has 1 aromatic carbocycles. The molecule has 1 aromatic rings. The highest BCUT2D eigenvalue weighted by Crippen LogP contribution is 2.27. The summed E-state index contributed by atoms with van der Waals surface area (Å²) in [5.41, 5.74) is 0.574. The topological polar surface area (TPSA) is 133 Å². The van der Waals surface area contributed by atoms with Crippen LogP contribution in [0.1, 0.15) is 11.7 Å². The number of nitrogens with one attached hydrogen (secondary N) is 1. The Labute approximate surface area is 111 Å². The number of rotatable bonds is 5. The Morgan fingerprint density at radius 1 is 1.05 bits per heavy atom. The number of aliphatic hydroxyl groups excluding tert-OH is 4. The van der Waals surface area contributed by atoms with Crippen LogP contribution in [0, 0.1) is 0 Å². The van der Waals surface area contributed by atoms with E-state index in [0.717, 1.165) is 0 Å². The van der Waals surface area contributed by atoms with Gasteiger partial charge in [0.2, 0.25) is 0 Å². The third kappa shape index (κ3) is 6.94. The summed E-state index contributed by atoms with van der Waals surface area (Å²) in [4.78, 5) is 0. The van der Waals surface area contributed by atoms with Crippen LogP contribution < -0.4 is 5.32 Å². The van der Waals surface area contributed by atoms with E-state index in [9.17, 15) is 5.11 Å². The van der Waals surface area contributed by atoms with E-state index in [1.165, 1.54) is 12.1 Å². The van der Waals surface area contributed by atoms with Gasteiger partial charge in [0.25, 0.3) is 0 Å². The molecule has 0 saturated carbocycles. The van der Waals surface area contributed by atoms with Crippen LogP contribution in [-0.4, -0.2) is 63.5 Å². The summed E-state index contributed by atoms with van der Waals surface area (Å²) in [7, 11) is 1.73. The molecular formula is C12H21NO6. The molecule has 0 aliphatic carbocycles. The Morgan fingerprint density at radius 3 is 2.00 bits per heavy atom. The Morgan fingerprint density at radius 2 is 1.63 bits per heavy atom. The average Bonchev–Trinajstić information content (AvgIpc) is 2.41. The molecule has 0 bridgehead atoms. The number of benzene rings is 1. The fourth-order valence-corrected chi connectivity index (χ4v) is 1.12. The fraction of sp³-hybridized carbons (Fsp3) is 0.500. The van der Waals surface area contributed by atoms with Crippen LogP contribution in [0.3, 0.4) is 0 Å². The van der Waals surface area contributed by atoms with Crippen LogP contribution >= 0.6 is 0 Å². The lowest BCUT2D eigenvalue weighted by molar-refractivity contribution is 0.0450. The molecule has 0 spiro atoms. The molecule has 0 heterocycles. The van der Waals surface area contributed by atoms with Gasteiger partial charge in [-0.25, -0.2) is 0 Å². The molecule has 7 heteroatoms. The molecule has 0 unspecified atom stereocenters. The second kappa shape index (κ2) is 9.54. The first-order chi connectivity index (χ1) is 8.96. The zero-order chi connectivity index (χ0) is 14.8. The molecule has 0 aromatic heterocycles. The van der Waals surface area contributed by atoms with Crippen molar-refractivity contribution in [2.45, 2.75) is 12.2 Å². The van der Waals surface area contributed by atoms with Crippen molar-refractivity contribution < 1.29 is 30.6 Å². The van der Waals surface area contributed by atoms with Crippen LogP contribution in [-0.2, 0) is 0 Å². The maximum Gasteiger partial charge on any atom is 0.157 e. The minimum atomic E-state index is -0.954. The van der Waals surface area contributed by atoms with Crippen molar-refractivity contribution in [2.24, 2.45) is 0 Å². The van der Waals surface area contributed by atoms with Crippen LogP contribution in [0.5, 0.6) is 11.5 Å². The molecular weight excluding hydrogens is 254 g/mol. The van der Waals surface area contributed by atoms with Crippen molar-refractivity contribution >= 4 is 0 Å². The second-order valence-corrected chi connectivity index (χ2v) is 3.84. The number of phenolic OH excluding ortho intramolecular Hbond substituents is 2. The van der Waals surface area contributed by atoms with Gasteiger partial charge in [-0.15, -0.1) is 0 Å². The van der Waals surface area contributed by atoms with Gasteiger partial charge in [0.05, 0.1) is 19.3 Å². The highest BCUT2D eigenvalue weighted by atomic mass is 16.3. The number of phenols is 2. The van der Waals surface area contributed by atoms with Gasteiger partial charge in [-0.2, -0.15) is 0 Å². The number of hydrogen-bond donors (Lipinski definition) is 7. The summed E-state index contributed by atoms with van der Waals surface area (Å²) >= 11 is 0. The van der Waals surface area contributed by atoms with Gasteiger partial charge in [0.15, 0.2) is 11.5 Å². The zero-order valence-corrected chi connectivity index (χ0v) is 10.7. The first-order valence-corrected chi connectivity index (χ1v) is 5.70. The van der Waals surface area contributed by atoms with Gasteiger partial charge in [0, 0.05) is 6.54 Å². The van der Waals surface area contributed by atoms with Gasteiger partial charge < -0.3 is 36.0 Å². The number of aliphatic hydroxyl groups is 4. The number of likely N-dealkylation sites (N-methyl/N-ethyl adjacent to an activating group) is 1. The molecule has 0 saturated heterocycles. The standard InChI is InChI=1S/C9H13NO3.C3H8O3/c1-10-5-9(13)6-2-3-7(11)8(12)4-6;4-1-3(6)2-5/h2-4,9-13H,5H2,1H3;3-6H,1-2H2/t9-;/m0./s1. The van der Waals surface area contributed by atoms with Crippen LogP contribution in [0.25, 0.3) is 0 Å². The molecule has 19 heavy (non-hydrogen) atoms. The van der Waals surface area contributed by atoms with Crippen LogP contribution in [0.15, 0.2) is 18.2 Å². The predicted molar refractivity (Wildman–Crippen MR) is 68.8 cm³/mol. The summed E-state index contributed by atoms with van der Waals surface area (Å²) in [6.45, 7) is -0.322. The molecule has 0 aliphatic heterocycles. The van der Waals surface area contributed by atoms with E-state index < -0.39 is 12.2 Å². The normalized spacial score (nSPS) is 11.9. The Bertz CT molecular complexity index is 356. The van der Waals surface area contributed by atoms with E-state index >= 15 is 0 Å². The first kappa shape index (κ1) is 17.6. The quantitative estimate of drug-likeness (QED) is 0.331. The lowest BCUT2D eigenvalue weighted by atomic mass is 10.1. The highest BCUT2D eigenvalue weighted by Gasteiger charge is 2.08. The third-order valence-electron chi connectivity index (χ3n) is 2.20. The largest absolute Gasteiger partial charge is 0.504 e. The van der Waals surface area contributed by atoms with E-state index in [1.54, 1.807) is 13.1 Å². The molecule has 1 atom stereocenters. The number of aromatic hydroxyl groups is 2. The van der Waals surface area contributed by atoms with Crippen LogP contribution in [0.2, 0.25) is 0 Å². The lowest BCUT2D eigenvalue weighted by Gasteiger charge is -2.10. The van der Waals surface area contributed by atoms with E-state index in [2.05, 4.69) is 5.32 Å². The predicted octanol–water partition coefficient (Wildman–Crippen LogP) is -1.32. The monoisotopic (exact) mass is 275 g/mol. The van der Waals surface area contributed by atoms with E-state index in [0.29, 0.717) is 12.1 Å². The summed E-state index contributed by atoms with van der Waals surface area (Å²) in [6.07, 6.45) is -1.62. The molecule has 7 nitrogen and oxygen atoms in total. The average molecular weight is 275 g/mol. The Hall–Kier alpha value is -1.38. The van der Waals surface area contributed by atoms with Gasteiger partial charge in [-0.3, -0.25) is 0 Å². The molecule has 1 rings (SSSR count). The SMILES string of the molecule is CNC[C@H](O)c1ccc(O)c(O)c1.OCC(O)CO. The van der Waals surface area contributed by atoms with Crippen molar-refractivity contribution in [3.63, 3.8) is 0 Å². The lowest BCUT2D eigenvalue weighted by Crippen LogP contribution is -2.16. The van der Waals surface area contributed by atoms with Crippen molar-refractivity contribution in [3.8, 4) is 11.5 Å². The summed E-state index contributed by atoms with van der Waals surface area (Å²) in [6, 6.07) is 4.26. The molecule has 7 N–H and O–H groups in total. The maximum atomic E-state index is 9.48. The van der Waals surface area contributed by atoms with E-state index in [-0.39, 0.29) is 24.7 Å². The third-order valence-corrected chi connectivity index (χ3v) is 2.20. The molecule has 0 aliphatic rings. The Balaban J connectivity index is 0.000000459. The smallest absolute Gasteiger partial charge is 0.157 e. The van der Waals surface area contributed by atoms with Gasteiger partial charge in [-0.1, -0.05) is 6.07 Å². The molecule has 0 radical (unpaired) electrons. The minimum absolute atomic E-state index is 0.180. The highest BCUT2D eigenvalue weighted by molar-refractivity contribution is 5.41. The maximum absolute atomic E-state index is 9.48. The molecule has 0 fully saturated rings. The fourth-order valence-electron chi connectivity index (χ4n) is 1.12. The first-order valence-electron chi connectivity index (χ1n) is 5.70. The second-order valence-electron chi connectivity index (χ2n) is 3.84. The number of hydrogen-bond acceptors (Lipinski definition) is 7. The summed E-state index contributed by atoms with van der Waals surface area (Å²) < 4.78 is 0. The molecule has 0 amide bonds. The van der Waals surface area contributed by atoms with Crippen LogP contribution in [0.4, 0.5) is 0 Å². The van der Waals surface area contributed by atoms with Crippen molar-refractivity contribution in [2.75, 3.05) is 26.8 Å². The minimum Gasteiger partial charge on any atom is -0.504 e. The van der Waals surface area contributed by atoms with Gasteiger partial charge in [0.1, 0.15) is 6.10 Å².